The predicted octanol–water partition coefficient (Wildman–Crippen LogP) is 3.48. The Balaban J connectivity index is 2.20. The van der Waals surface area contributed by atoms with Crippen LogP contribution in [0.2, 0.25) is 0 Å². The molecule has 0 spiro atoms. The average molecular weight is 335 g/mol. The van der Waals surface area contributed by atoms with E-state index < -0.39 is 0 Å². The molecule has 0 heterocycles. The molecule has 5 nitrogen and oxygen atoms in total. The van der Waals surface area contributed by atoms with Crippen molar-refractivity contribution < 1.29 is 9.59 Å². The summed E-state index contributed by atoms with van der Waals surface area (Å²) in [5.41, 5.74) is 4.91. The van der Waals surface area contributed by atoms with Gasteiger partial charge in [-0.1, -0.05) is 17.7 Å². The first-order chi connectivity index (χ1) is 11.8. The highest BCUT2D eigenvalue weighted by molar-refractivity contribution is 6.02. The van der Waals surface area contributed by atoms with Crippen LogP contribution in [0, 0.1) is 32.1 Å². The molecule has 2 amide bonds. The molecule has 0 aliphatic rings. The Hall–Kier alpha value is -3.13. The van der Waals surface area contributed by atoms with E-state index in [0.29, 0.717) is 11.3 Å². The number of nitriles is 1. The van der Waals surface area contributed by atoms with Crippen molar-refractivity contribution >= 4 is 23.2 Å². The first-order valence-electron chi connectivity index (χ1n) is 7.97. The molecule has 0 radical (unpaired) electrons. The molecule has 0 bridgehead atoms. The minimum absolute atomic E-state index is 0.0694. The van der Waals surface area contributed by atoms with Gasteiger partial charge < -0.3 is 10.2 Å². The van der Waals surface area contributed by atoms with Crippen LogP contribution in [-0.2, 0) is 9.59 Å². The number of carbonyl (C=O) groups excluding carboxylic acids is 2. The summed E-state index contributed by atoms with van der Waals surface area (Å²) in [6, 6.07) is 12.6. The molecule has 5 heteroatoms. The second-order valence-electron chi connectivity index (χ2n) is 6.09. The summed E-state index contributed by atoms with van der Waals surface area (Å²) >= 11 is 0. The lowest BCUT2D eigenvalue weighted by Crippen LogP contribution is -2.37. The van der Waals surface area contributed by atoms with E-state index in [2.05, 4.69) is 5.32 Å². The molecule has 25 heavy (non-hydrogen) atoms. The Morgan fingerprint density at radius 1 is 1.08 bits per heavy atom. The average Bonchev–Trinajstić information content (AvgIpc) is 2.53. The van der Waals surface area contributed by atoms with Crippen LogP contribution in [0.5, 0.6) is 0 Å². The lowest BCUT2D eigenvalue weighted by Gasteiger charge is -2.25. The van der Waals surface area contributed by atoms with Crippen molar-refractivity contribution in [2.75, 3.05) is 16.8 Å². The molecule has 0 saturated heterocycles. The number of amides is 2. The van der Waals surface area contributed by atoms with Gasteiger partial charge in [-0.3, -0.25) is 9.59 Å². The Bertz CT molecular complexity index is 825. The van der Waals surface area contributed by atoms with Crippen LogP contribution in [-0.4, -0.2) is 18.4 Å². The van der Waals surface area contributed by atoms with Gasteiger partial charge in [0.2, 0.25) is 11.8 Å². The molecule has 0 fully saturated rings. The van der Waals surface area contributed by atoms with Crippen molar-refractivity contribution in [3.05, 3.63) is 58.7 Å². The van der Waals surface area contributed by atoms with Crippen LogP contribution in [0.4, 0.5) is 11.4 Å². The molecule has 0 atom stereocenters. The highest BCUT2D eigenvalue weighted by Crippen LogP contribution is 2.26. The molecule has 0 saturated carbocycles. The topological polar surface area (TPSA) is 73.2 Å². The largest absolute Gasteiger partial charge is 0.325 e. The summed E-state index contributed by atoms with van der Waals surface area (Å²) in [5.74, 6) is -0.482. The minimum atomic E-state index is -0.292. The van der Waals surface area contributed by atoms with Crippen LogP contribution in [0.1, 0.15) is 29.2 Å². The van der Waals surface area contributed by atoms with Crippen LogP contribution < -0.4 is 10.2 Å². The third-order valence-corrected chi connectivity index (χ3v) is 3.88. The van der Waals surface area contributed by atoms with Crippen molar-refractivity contribution in [3.63, 3.8) is 0 Å². The highest BCUT2D eigenvalue weighted by Gasteiger charge is 2.19. The number of anilines is 2. The van der Waals surface area contributed by atoms with Crippen molar-refractivity contribution in [3.8, 4) is 6.07 Å². The van der Waals surface area contributed by atoms with Crippen molar-refractivity contribution in [2.24, 2.45) is 0 Å². The number of nitrogens with zero attached hydrogens (tertiary/aromatic N) is 2. The fraction of sp³-hybridized carbons (Fsp3) is 0.250. The lowest BCUT2D eigenvalue weighted by atomic mass is 10.0. The van der Waals surface area contributed by atoms with Crippen LogP contribution in [0.3, 0.4) is 0 Å². The normalized spacial score (nSPS) is 10.0. The molecule has 0 aromatic heterocycles. The Morgan fingerprint density at radius 2 is 1.64 bits per heavy atom. The zero-order valence-corrected chi connectivity index (χ0v) is 14.9. The van der Waals surface area contributed by atoms with Crippen molar-refractivity contribution in [1.82, 2.24) is 0 Å². The number of benzene rings is 2. The number of aryl methyl sites for hydroxylation is 3. The molecule has 128 valence electrons. The van der Waals surface area contributed by atoms with Gasteiger partial charge >= 0.3 is 0 Å². The SMILES string of the molecule is CC(=O)N(CC(=O)Nc1ccc(C#N)cc1)c1c(C)cc(C)cc1C. The lowest BCUT2D eigenvalue weighted by molar-refractivity contribution is -0.120. The number of hydrogen-bond acceptors (Lipinski definition) is 3. The third-order valence-electron chi connectivity index (χ3n) is 3.88. The smallest absolute Gasteiger partial charge is 0.244 e. The summed E-state index contributed by atoms with van der Waals surface area (Å²) in [5, 5.41) is 11.6. The second-order valence-corrected chi connectivity index (χ2v) is 6.09. The van der Waals surface area contributed by atoms with Crippen LogP contribution in [0.25, 0.3) is 0 Å². The number of nitrogens with one attached hydrogen (secondary N) is 1. The van der Waals surface area contributed by atoms with E-state index in [-0.39, 0.29) is 18.4 Å². The van der Waals surface area contributed by atoms with E-state index in [9.17, 15) is 9.59 Å². The quantitative estimate of drug-likeness (QED) is 0.929. The summed E-state index contributed by atoms with van der Waals surface area (Å²) in [6.45, 7) is 7.25. The Kier molecular flexibility index (Phi) is 5.56. The molecule has 2 rings (SSSR count). The van der Waals surface area contributed by atoms with Gasteiger partial charge in [0.15, 0.2) is 0 Å². The zero-order valence-electron chi connectivity index (χ0n) is 14.9. The van der Waals surface area contributed by atoms with E-state index in [1.165, 1.54) is 11.8 Å². The van der Waals surface area contributed by atoms with Crippen molar-refractivity contribution in [1.29, 1.82) is 5.26 Å². The first kappa shape index (κ1) is 18.2. The van der Waals surface area contributed by atoms with Gasteiger partial charge in [-0.2, -0.15) is 5.26 Å². The molecular weight excluding hydrogens is 314 g/mol. The van der Waals surface area contributed by atoms with Gasteiger partial charge in [-0.25, -0.2) is 0 Å². The van der Waals surface area contributed by atoms with Gasteiger partial charge in [0.05, 0.1) is 17.3 Å². The maximum Gasteiger partial charge on any atom is 0.244 e. The van der Waals surface area contributed by atoms with Gasteiger partial charge in [-0.15, -0.1) is 0 Å². The van der Waals surface area contributed by atoms with Gasteiger partial charge in [-0.05, 0) is 56.2 Å². The standard InChI is InChI=1S/C20H21N3O2/c1-13-9-14(2)20(15(3)10-13)23(16(4)24)12-19(25)22-18-7-5-17(11-21)6-8-18/h5-10H,12H2,1-4H3,(H,22,25). The Morgan fingerprint density at radius 3 is 2.12 bits per heavy atom. The zero-order chi connectivity index (χ0) is 18.6. The third kappa shape index (κ3) is 4.45. The maximum atomic E-state index is 12.4. The highest BCUT2D eigenvalue weighted by atomic mass is 16.2. The first-order valence-corrected chi connectivity index (χ1v) is 7.97. The molecule has 2 aromatic rings. The second kappa shape index (κ2) is 7.63. The predicted molar refractivity (Wildman–Crippen MR) is 98.5 cm³/mol. The van der Waals surface area contributed by atoms with Gasteiger partial charge in [0, 0.05) is 12.6 Å². The number of hydrogen-bond donors (Lipinski definition) is 1. The Labute approximate surface area is 147 Å². The van der Waals surface area contributed by atoms with E-state index in [1.807, 2.05) is 39.0 Å². The van der Waals surface area contributed by atoms with E-state index in [4.69, 9.17) is 5.26 Å². The molecule has 0 aliphatic heterocycles. The van der Waals surface area contributed by atoms with E-state index in [1.54, 1.807) is 24.3 Å². The minimum Gasteiger partial charge on any atom is -0.325 e. The van der Waals surface area contributed by atoms with Gasteiger partial charge in [0.25, 0.3) is 0 Å². The van der Waals surface area contributed by atoms with E-state index >= 15 is 0 Å². The molecule has 0 aliphatic carbocycles. The maximum absolute atomic E-state index is 12.4. The monoisotopic (exact) mass is 335 g/mol. The van der Waals surface area contributed by atoms with Crippen molar-refractivity contribution in [2.45, 2.75) is 27.7 Å². The molecular formula is C20H21N3O2. The molecule has 0 unspecified atom stereocenters. The van der Waals surface area contributed by atoms with Crippen LogP contribution >= 0.6 is 0 Å². The fourth-order valence-electron chi connectivity index (χ4n) is 2.92. The van der Waals surface area contributed by atoms with Crippen LogP contribution in [0.15, 0.2) is 36.4 Å². The number of rotatable bonds is 4. The summed E-state index contributed by atoms with van der Waals surface area (Å²) < 4.78 is 0. The fourth-order valence-corrected chi connectivity index (χ4v) is 2.92. The molecule has 2 aromatic carbocycles. The summed E-state index contributed by atoms with van der Waals surface area (Å²) in [4.78, 5) is 26.0. The summed E-state index contributed by atoms with van der Waals surface area (Å²) in [6.07, 6.45) is 0. The summed E-state index contributed by atoms with van der Waals surface area (Å²) in [7, 11) is 0. The van der Waals surface area contributed by atoms with Gasteiger partial charge in [0.1, 0.15) is 6.54 Å². The number of carbonyl (C=O) groups is 2. The van der Waals surface area contributed by atoms with E-state index in [0.717, 1.165) is 22.4 Å². The molecule has 1 N–H and O–H groups in total.